The number of benzene rings is 1. The molecule has 126 valence electrons. The number of nitrogens with zero attached hydrogens (tertiary/aromatic N) is 2. The largest absolute Gasteiger partial charge is 0.459 e. The van der Waals surface area contributed by atoms with Gasteiger partial charge in [0.25, 0.3) is 0 Å². The van der Waals surface area contributed by atoms with Gasteiger partial charge in [0, 0.05) is 24.8 Å². The summed E-state index contributed by atoms with van der Waals surface area (Å²) in [6, 6.07) is 13.7. The normalized spacial score (nSPS) is 11.8. The molecule has 0 saturated heterocycles. The number of aryl methyl sites for hydroxylation is 2. The lowest BCUT2D eigenvalue weighted by Gasteiger charge is -2.08. The van der Waals surface area contributed by atoms with E-state index in [4.69, 9.17) is 4.42 Å². The Morgan fingerprint density at radius 1 is 1.12 bits per heavy atom. The highest BCUT2D eigenvalue weighted by atomic mass is 32.2. The van der Waals surface area contributed by atoms with Crippen LogP contribution in [-0.2, 0) is 22.8 Å². The molecule has 0 spiro atoms. The predicted molar refractivity (Wildman–Crippen MR) is 94.5 cm³/mol. The van der Waals surface area contributed by atoms with Gasteiger partial charge in [-0.1, -0.05) is 37.3 Å². The van der Waals surface area contributed by atoms with E-state index in [9.17, 15) is 8.42 Å². The summed E-state index contributed by atoms with van der Waals surface area (Å²) < 4.78 is 30.8. The molecule has 3 rings (SSSR count). The van der Waals surface area contributed by atoms with Gasteiger partial charge in [-0.05, 0) is 12.1 Å². The van der Waals surface area contributed by atoms with Gasteiger partial charge < -0.3 is 8.98 Å². The fraction of sp³-hybridized carbons (Fsp3) is 0.278. The molecule has 3 aromatic rings. The minimum Gasteiger partial charge on any atom is -0.459 e. The zero-order valence-electron chi connectivity index (χ0n) is 13.8. The molecule has 6 heteroatoms. The third-order valence-corrected chi connectivity index (χ3v) is 4.76. The summed E-state index contributed by atoms with van der Waals surface area (Å²) in [6.07, 6.45) is 3.72. The van der Waals surface area contributed by atoms with Crippen molar-refractivity contribution in [3.63, 3.8) is 0 Å². The Hall–Kier alpha value is -2.34. The second-order valence-electron chi connectivity index (χ2n) is 5.75. The summed E-state index contributed by atoms with van der Waals surface area (Å²) in [6.45, 7) is 2.37. The number of rotatable bonds is 6. The van der Waals surface area contributed by atoms with Gasteiger partial charge in [-0.25, -0.2) is 13.4 Å². The lowest BCUT2D eigenvalue weighted by molar-refractivity contribution is 0.523. The molecule has 0 fully saturated rings. The molecule has 0 aliphatic carbocycles. The number of aromatic nitrogens is 2. The SMILES string of the molecule is CCc1ccc(-c2c(-c3ccccc3)ncn2CCS(C)(=O)=O)o1. The van der Waals surface area contributed by atoms with Crippen LogP contribution >= 0.6 is 0 Å². The molecule has 0 atom stereocenters. The number of hydrogen-bond donors (Lipinski definition) is 0. The fourth-order valence-electron chi connectivity index (χ4n) is 2.58. The molecule has 0 aliphatic heterocycles. The highest BCUT2D eigenvalue weighted by Crippen LogP contribution is 2.32. The van der Waals surface area contributed by atoms with Crippen LogP contribution < -0.4 is 0 Å². The lowest BCUT2D eigenvalue weighted by Crippen LogP contribution is -2.11. The summed E-state index contributed by atoms with van der Waals surface area (Å²) in [5.74, 6) is 1.66. The van der Waals surface area contributed by atoms with Crippen LogP contribution in [0.25, 0.3) is 22.7 Å². The minimum atomic E-state index is -3.06. The second-order valence-corrected chi connectivity index (χ2v) is 8.01. The Morgan fingerprint density at radius 3 is 2.50 bits per heavy atom. The Labute approximate surface area is 141 Å². The standard InChI is InChI=1S/C18H20N2O3S/c1-3-15-9-10-16(23-15)18-17(14-7-5-4-6-8-14)19-13-20(18)11-12-24(2,21)22/h4-10,13H,3,11-12H2,1-2H3. The average molecular weight is 344 g/mol. The maximum absolute atomic E-state index is 11.5. The van der Waals surface area contributed by atoms with Gasteiger partial charge in [0.2, 0.25) is 0 Å². The van der Waals surface area contributed by atoms with Crippen LogP contribution in [0.15, 0.2) is 53.2 Å². The first-order valence-corrected chi connectivity index (χ1v) is 9.91. The van der Waals surface area contributed by atoms with E-state index in [1.54, 1.807) is 6.33 Å². The Bertz CT molecular complexity index is 924. The van der Waals surface area contributed by atoms with Crippen molar-refractivity contribution < 1.29 is 12.8 Å². The monoisotopic (exact) mass is 344 g/mol. The Morgan fingerprint density at radius 2 is 1.88 bits per heavy atom. The maximum atomic E-state index is 11.5. The highest BCUT2D eigenvalue weighted by molar-refractivity contribution is 7.90. The summed E-state index contributed by atoms with van der Waals surface area (Å²) in [5, 5.41) is 0. The van der Waals surface area contributed by atoms with Crippen molar-refractivity contribution in [1.29, 1.82) is 0 Å². The van der Waals surface area contributed by atoms with E-state index in [1.807, 2.05) is 54.0 Å². The summed E-state index contributed by atoms with van der Waals surface area (Å²) in [5.41, 5.74) is 2.57. The van der Waals surface area contributed by atoms with Crippen LogP contribution in [-0.4, -0.2) is 30.0 Å². The van der Waals surface area contributed by atoms with Crippen LogP contribution in [0.3, 0.4) is 0 Å². The first-order chi connectivity index (χ1) is 11.5. The van der Waals surface area contributed by atoms with E-state index in [0.717, 1.165) is 29.1 Å². The quantitative estimate of drug-likeness (QED) is 0.687. The molecule has 0 radical (unpaired) electrons. The summed E-state index contributed by atoms with van der Waals surface area (Å²) in [4.78, 5) is 4.51. The van der Waals surface area contributed by atoms with Crippen LogP contribution in [0.4, 0.5) is 0 Å². The van der Waals surface area contributed by atoms with Crippen molar-refractivity contribution >= 4 is 9.84 Å². The molecule has 5 nitrogen and oxygen atoms in total. The number of hydrogen-bond acceptors (Lipinski definition) is 4. The first kappa shape index (κ1) is 16.5. The molecule has 24 heavy (non-hydrogen) atoms. The summed E-state index contributed by atoms with van der Waals surface area (Å²) >= 11 is 0. The molecule has 0 amide bonds. The van der Waals surface area contributed by atoms with Crippen LogP contribution in [0.2, 0.25) is 0 Å². The fourth-order valence-corrected chi connectivity index (χ4v) is 3.11. The zero-order valence-corrected chi connectivity index (χ0v) is 14.6. The molecule has 2 aromatic heterocycles. The molecule has 0 bridgehead atoms. The van der Waals surface area contributed by atoms with Crippen molar-refractivity contribution in [3.8, 4) is 22.7 Å². The van der Waals surface area contributed by atoms with Gasteiger partial charge in [0.1, 0.15) is 21.3 Å². The topological polar surface area (TPSA) is 65.1 Å². The van der Waals surface area contributed by atoms with Crippen LogP contribution in [0.5, 0.6) is 0 Å². The third kappa shape index (κ3) is 3.59. The Kier molecular flexibility index (Phi) is 4.57. The van der Waals surface area contributed by atoms with Gasteiger partial charge in [-0.3, -0.25) is 0 Å². The number of imidazole rings is 1. The molecule has 0 unspecified atom stereocenters. The van der Waals surface area contributed by atoms with Crippen LogP contribution in [0.1, 0.15) is 12.7 Å². The van der Waals surface area contributed by atoms with Gasteiger partial charge in [0.15, 0.2) is 5.76 Å². The van der Waals surface area contributed by atoms with E-state index in [1.165, 1.54) is 6.26 Å². The van der Waals surface area contributed by atoms with Gasteiger partial charge in [-0.15, -0.1) is 0 Å². The van der Waals surface area contributed by atoms with Crippen LogP contribution in [0, 0.1) is 0 Å². The molecule has 0 N–H and O–H groups in total. The summed E-state index contributed by atoms with van der Waals surface area (Å²) in [7, 11) is -3.06. The molecular formula is C18H20N2O3S. The smallest absolute Gasteiger partial charge is 0.152 e. The van der Waals surface area contributed by atoms with Crippen molar-refractivity contribution in [2.75, 3.05) is 12.0 Å². The first-order valence-electron chi connectivity index (χ1n) is 7.85. The average Bonchev–Trinajstić information content (AvgIpc) is 3.19. The van der Waals surface area contributed by atoms with Crippen molar-refractivity contribution in [2.45, 2.75) is 19.9 Å². The van der Waals surface area contributed by atoms with Gasteiger partial charge in [-0.2, -0.15) is 0 Å². The second kappa shape index (κ2) is 6.65. The van der Waals surface area contributed by atoms with Gasteiger partial charge >= 0.3 is 0 Å². The number of sulfone groups is 1. The number of furan rings is 1. The van der Waals surface area contributed by atoms with Crippen molar-refractivity contribution in [3.05, 3.63) is 54.6 Å². The molecular weight excluding hydrogens is 324 g/mol. The van der Waals surface area contributed by atoms with E-state index < -0.39 is 9.84 Å². The van der Waals surface area contributed by atoms with E-state index >= 15 is 0 Å². The molecule has 2 heterocycles. The predicted octanol–water partition coefficient (Wildman–Crippen LogP) is 3.42. The third-order valence-electron chi connectivity index (χ3n) is 3.83. The highest BCUT2D eigenvalue weighted by Gasteiger charge is 2.18. The zero-order chi connectivity index (χ0) is 17.2. The van der Waals surface area contributed by atoms with Crippen molar-refractivity contribution in [2.24, 2.45) is 0 Å². The van der Waals surface area contributed by atoms with Gasteiger partial charge in [0.05, 0.1) is 17.8 Å². The van der Waals surface area contributed by atoms with E-state index in [-0.39, 0.29) is 5.75 Å². The van der Waals surface area contributed by atoms with Crippen molar-refractivity contribution in [1.82, 2.24) is 9.55 Å². The maximum Gasteiger partial charge on any atom is 0.152 e. The van der Waals surface area contributed by atoms with E-state index in [2.05, 4.69) is 4.98 Å². The molecule has 0 saturated carbocycles. The lowest BCUT2D eigenvalue weighted by atomic mass is 10.1. The minimum absolute atomic E-state index is 0.0614. The molecule has 0 aliphatic rings. The molecule has 1 aromatic carbocycles. The Balaban J connectivity index is 2.08. The van der Waals surface area contributed by atoms with E-state index in [0.29, 0.717) is 12.3 Å².